The molecule has 228 valence electrons. The van der Waals surface area contributed by atoms with Gasteiger partial charge in [-0.3, -0.25) is 0 Å². The largest absolute Gasteiger partial charge is 0.573 e. The lowest BCUT2D eigenvalue weighted by Gasteiger charge is -2.35. The molecule has 10 heteroatoms. The van der Waals surface area contributed by atoms with Gasteiger partial charge in [-0.05, 0) is 60.2 Å². The van der Waals surface area contributed by atoms with E-state index in [1.807, 2.05) is 6.92 Å². The Morgan fingerprint density at radius 3 is 2.00 bits per heavy atom. The maximum Gasteiger partial charge on any atom is 0.573 e. The number of aliphatic hydroxyl groups excluding tert-OH is 1. The molecular formula is C32H35F6NO3. The van der Waals surface area contributed by atoms with Crippen LogP contribution >= 0.6 is 0 Å². The number of alkyl halides is 5. The summed E-state index contributed by atoms with van der Waals surface area (Å²) in [6.07, 6.45) is 0.202. The van der Waals surface area contributed by atoms with Gasteiger partial charge < -0.3 is 20.3 Å². The van der Waals surface area contributed by atoms with E-state index in [9.17, 15) is 26.3 Å². The van der Waals surface area contributed by atoms with Crippen molar-refractivity contribution in [3.05, 3.63) is 120 Å². The molecule has 3 N–H and O–H groups in total. The topological polar surface area (TPSA) is 64.7 Å². The number of halogens is 6. The first-order chi connectivity index (χ1) is 19.7. The fourth-order valence-corrected chi connectivity index (χ4v) is 4.60. The molecule has 0 saturated heterocycles. The molecular weight excluding hydrogens is 560 g/mol. The summed E-state index contributed by atoms with van der Waals surface area (Å²) in [6, 6.07) is 11.9. The number of aliphatic hydroxyl groups is 1. The molecule has 0 aliphatic heterocycles. The fraction of sp³-hybridized carbons (Fsp3) is 0.312. The second-order valence-electron chi connectivity index (χ2n) is 9.53. The van der Waals surface area contributed by atoms with Crippen LogP contribution in [0.2, 0.25) is 0 Å². The lowest BCUT2D eigenvalue weighted by molar-refractivity contribution is -0.274. The van der Waals surface area contributed by atoms with Gasteiger partial charge in [-0.15, -0.1) is 13.2 Å². The van der Waals surface area contributed by atoms with Crippen LogP contribution in [0, 0.1) is 0 Å². The van der Waals surface area contributed by atoms with E-state index < -0.39 is 23.7 Å². The molecule has 4 nitrogen and oxygen atoms in total. The van der Waals surface area contributed by atoms with Gasteiger partial charge in [0.1, 0.15) is 17.3 Å². The van der Waals surface area contributed by atoms with Crippen molar-refractivity contribution >= 4 is 0 Å². The third-order valence-electron chi connectivity index (χ3n) is 6.54. The molecule has 1 aliphatic carbocycles. The molecule has 0 saturated carbocycles. The predicted octanol–water partition coefficient (Wildman–Crippen LogP) is 9.37. The number of rotatable bonds is 11. The molecule has 2 aromatic carbocycles. The van der Waals surface area contributed by atoms with Crippen LogP contribution in [0.1, 0.15) is 50.7 Å². The normalized spacial score (nSPS) is 15.5. The summed E-state index contributed by atoms with van der Waals surface area (Å²) in [7, 11) is 0. The lowest BCUT2D eigenvalue weighted by Crippen LogP contribution is -2.28. The van der Waals surface area contributed by atoms with E-state index in [1.54, 1.807) is 42.5 Å². The Hall–Kier alpha value is -3.92. The van der Waals surface area contributed by atoms with Gasteiger partial charge in [-0.2, -0.15) is 8.78 Å². The highest BCUT2D eigenvalue weighted by Crippen LogP contribution is 2.44. The molecule has 2 aromatic rings. The molecule has 0 aromatic heterocycles. The molecule has 1 unspecified atom stereocenters. The minimum absolute atomic E-state index is 0.0524. The minimum Gasteiger partial charge on any atom is -0.505 e. The number of ether oxygens (including phenoxy) is 2. The van der Waals surface area contributed by atoms with Crippen molar-refractivity contribution in [1.82, 2.24) is 0 Å². The average Bonchev–Trinajstić information content (AvgIpc) is 2.91. The first kappa shape index (κ1) is 34.3. The van der Waals surface area contributed by atoms with Crippen LogP contribution in [-0.4, -0.2) is 24.1 Å². The van der Waals surface area contributed by atoms with Gasteiger partial charge in [-0.1, -0.05) is 68.7 Å². The van der Waals surface area contributed by atoms with E-state index in [0.29, 0.717) is 49.3 Å². The summed E-state index contributed by atoms with van der Waals surface area (Å²) in [5.41, 5.74) is 6.77. The Morgan fingerprint density at radius 2 is 1.57 bits per heavy atom. The molecule has 0 fully saturated rings. The zero-order valence-corrected chi connectivity index (χ0v) is 23.5. The molecule has 3 rings (SSSR count). The Balaban J connectivity index is 0.000000518. The maximum absolute atomic E-state index is 13.4. The Labute approximate surface area is 242 Å². The second-order valence-corrected chi connectivity index (χ2v) is 9.53. The molecule has 1 aliphatic rings. The monoisotopic (exact) mass is 595 g/mol. The van der Waals surface area contributed by atoms with Crippen LogP contribution < -0.4 is 15.2 Å². The molecule has 42 heavy (non-hydrogen) atoms. The fourth-order valence-electron chi connectivity index (χ4n) is 4.60. The van der Waals surface area contributed by atoms with Crippen LogP contribution in [0.5, 0.6) is 11.5 Å². The number of hydrogen-bond donors (Lipinski definition) is 2. The number of benzene rings is 2. The van der Waals surface area contributed by atoms with E-state index in [4.69, 9.17) is 15.6 Å². The van der Waals surface area contributed by atoms with Crippen LogP contribution in [-0.2, 0) is 5.41 Å². The molecule has 0 heterocycles. The van der Waals surface area contributed by atoms with E-state index in [0.717, 1.165) is 5.57 Å². The average molecular weight is 596 g/mol. The minimum atomic E-state index is -4.84. The van der Waals surface area contributed by atoms with Crippen molar-refractivity contribution in [2.24, 2.45) is 5.73 Å². The van der Waals surface area contributed by atoms with Crippen LogP contribution in [0.15, 0.2) is 109 Å². The third kappa shape index (κ3) is 9.87. The molecule has 0 radical (unpaired) electrons. The molecule has 0 spiro atoms. The summed E-state index contributed by atoms with van der Waals surface area (Å²) in [5.74, 6) is -1.12. The van der Waals surface area contributed by atoms with Gasteiger partial charge in [0, 0.05) is 30.9 Å². The Morgan fingerprint density at radius 1 is 1.00 bits per heavy atom. The first-order valence-electron chi connectivity index (χ1n) is 13.1. The Kier molecular flexibility index (Phi) is 12.1. The van der Waals surface area contributed by atoms with Gasteiger partial charge >= 0.3 is 12.5 Å². The van der Waals surface area contributed by atoms with Crippen molar-refractivity contribution in [1.29, 1.82) is 0 Å². The van der Waals surface area contributed by atoms with Crippen LogP contribution in [0.25, 0.3) is 0 Å². The van der Waals surface area contributed by atoms with Gasteiger partial charge in [0.15, 0.2) is 5.76 Å². The smallest absolute Gasteiger partial charge is 0.505 e. The highest BCUT2D eigenvalue weighted by Gasteiger charge is 2.36. The van der Waals surface area contributed by atoms with Crippen molar-refractivity contribution < 1.29 is 40.9 Å². The zero-order chi connectivity index (χ0) is 31.6. The Bertz CT molecular complexity index is 1260. The predicted molar refractivity (Wildman–Crippen MR) is 152 cm³/mol. The first-order valence-corrected chi connectivity index (χ1v) is 13.1. The van der Waals surface area contributed by atoms with Crippen LogP contribution in [0.3, 0.4) is 0 Å². The molecule has 0 bridgehead atoms. The van der Waals surface area contributed by atoms with Gasteiger partial charge in [0.25, 0.3) is 0 Å². The van der Waals surface area contributed by atoms with E-state index in [2.05, 4.69) is 17.9 Å². The summed E-state index contributed by atoms with van der Waals surface area (Å²) in [4.78, 5) is 0. The highest BCUT2D eigenvalue weighted by molar-refractivity contribution is 5.47. The SMILES string of the molecule is C=C/C=C(\C=C)CC(CC)(c1cccc(OC(C)(F)F)c1)c1cccc(OC(F)(F)F)c1.NCC1=CCCC(F)=C1O. The van der Waals surface area contributed by atoms with Crippen molar-refractivity contribution in [2.75, 3.05) is 6.54 Å². The second kappa shape index (κ2) is 14.8. The number of allylic oxidation sites excluding steroid dienone is 6. The summed E-state index contributed by atoms with van der Waals surface area (Å²) in [6.45, 7) is 10.2. The third-order valence-corrected chi connectivity index (χ3v) is 6.54. The van der Waals surface area contributed by atoms with Gasteiger partial charge in [0.05, 0.1) is 0 Å². The molecule has 0 amide bonds. The van der Waals surface area contributed by atoms with Crippen molar-refractivity contribution in [3.8, 4) is 11.5 Å². The quantitative estimate of drug-likeness (QED) is 0.201. The van der Waals surface area contributed by atoms with Gasteiger partial charge in [0.2, 0.25) is 0 Å². The van der Waals surface area contributed by atoms with E-state index in [1.165, 1.54) is 30.3 Å². The van der Waals surface area contributed by atoms with Crippen molar-refractivity contribution in [2.45, 2.75) is 57.4 Å². The van der Waals surface area contributed by atoms with Crippen molar-refractivity contribution in [3.63, 3.8) is 0 Å². The van der Waals surface area contributed by atoms with Crippen LogP contribution in [0.4, 0.5) is 26.3 Å². The zero-order valence-electron chi connectivity index (χ0n) is 23.5. The summed E-state index contributed by atoms with van der Waals surface area (Å²) >= 11 is 0. The summed E-state index contributed by atoms with van der Waals surface area (Å²) < 4.78 is 86.7. The number of nitrogens with two attached hydrogens (primary N) is 1. The standard InChI is InChI=1S/C25H25F5O2.C7H10FNO/c1-5-10-18(6-2)17-24(7-3,19-11-8-13-21(15-19)31-23(4,26)27)20-12-9-14-22(16-20)32-25(28,29)30;8-6-3-1-2-5(4-9)7(6)10/h5-6,8-16H,1-2,7,17H2,3-4H3;2,10H,1,3-4,9H2/b18-10+;. The van der Waals surface area contributed by atoms with E-state index >= 15 is 0 Å². The highest BCUT2D eigenvalue weighted by atomic mass is 19.4. The number of hydrogen-bond acceptors (Lipinski definition) is 4. The van der Waals surface area contributed by atoms with E-state index in [-0.39, 0.29) is 23.8 Å². The molecule has 1 atom stereocenters. The van der Waals surface area contributed by atoms with Gasteiger partial charge in [-0.25, -0.2) is 4.39 Å². The maximum atomic E-state index is 13.4. The summed E-state index contributed by atoms with van der Waals surface area (Å²) in [5, 5.41) is 8.99. The lowest BCUT2D eigenvalue weighted by atomic mass is 9.68.